The summed E-state index contributed by atoms with van der Waals surface area (Å²) in [6.07, 6.45) is 0. The average Bonchev–Trinajstić information content (AvgIpc) is 2.11. The predicted molar refractivity (Wildman–Crippen MR) is 56.6 cm³/mol. The summed E-state index contributed by atoms with van der Waals surface area (Å²) in [5.74, 6) is -1.47. The molecule has 7 heteroatoms. The highest BCUT2D eigenvalue weighted by molar-refractivity contribution is 7.87. The SMILES string of the molecule is CCN(C)S(=O)(=O)NC(C(=O)O)C(C)C. The molecule has 0 aromatic carbocycles. The van der Waals surface area contributed by atoms with Crippen LogP contribution in [0.1, 0.15) is 20.8 Å². The maximum absolute atomic E-state index is 11.5. The highest BCUT2D eigenvalue weighted by Gasteiger charge is 2.28. The Bertz CT molecular complexity index is 313. The molecule has 0 aliphatic rings. The highest BCUT2D eigenvalue weighted by atomic mass is 32.2. The fraction of sp³-hybridized carbons (Fsp3) is 0.875. The number of rotatable bonds is 6. The zero-order valence-corrected chi connectivity index (χ0v) is 10.2. The van der Waals surface area contributed by atoms with Crippen molar-refractivity contribution in [1.82, 2.24) is 9.03 Å². The van der Waals surface area contributed by atoms with E-state index in [4.69, 9.17) is 5.11 Å². The van der Waals surface area contributed by atoms with Gasteiger partial charge in [0.1, 0.15) is 6.04 Å². The van der Waals surface area contributed by atoms with Crippen LogP contribution in [0.15, 0.2) is 0 Å². The Morgan fingerprint density at radius 3 is 2.20 bits per heavy atom. The first-order chi connectivity index (χ1) is 6.72. The first-order valence-electron chi connectivity index (χ1n) is 4.68. The summed E-state index contributed by atoms with van der Waals surface area (Å²) >= 11 is 0. The summed E-state index contributed by atoms with van der Waals surface area (Å²) in [4.78, 5) is 10.8. The maximum atomic E-state index is 11.5. The number of carbonyl (C=O) groups is 1. The number of nitrogens with zero attached hydrogens (tertiary/aromatic N) is 1. The van der Waals surface area contributed by atoms with Crippen molar-refractivity contribution >= 4 is 16.2 Å². The molecule has 6 nitrogen and oxygen atoms in total. The van der Waals surface area contributed by atoms with Crippen molar-refractivity contribution in [3.63, 3.8) is 0 Å². The molecular weight excluding hydrogens is 220 g/mol. The van der Waals surface area contributed by atoms with E-state index in [1.165, 1.54) is 7.05 Å². The van der Waals surface area contributed by atoms with Crippen LogP contribution >= 0.6 is 0 Å². The summed E-state index contributed by atoms with van der Waals surface area (Å²) in [6.45, 7) is 5.25. The van der Waals surface area contributed by atoms with Gasteiger partial charge >= 0.3 is 5.97 Å². The summed E-state index contributed by atoms with van der Waals surface area (Å²) in [5.41, 5.74) is 0. The standard InChI is InChI=1S/C8H18N2O4S/c1-5-10(4)15(13,14)9-7(6(2)3)8(11)12/h6-7,9H,5H2,1-4H3,(H,11,12). The third kappa shape index (κ3) is 4.15. The van der Waals surface area contributed by atoms with E-state index >= 15 is 0 Å². The summed E-state index contributed by atoms with van der Waals surface area (Å²) in [7, 11) is -2.31. The van der Waals surface area contributed by atoms with Gasteiger partial charge in [0.25, 0.3) is 10.2 Å². The van der Waals surface area contributed by atoms with Gasteiger partial charge < -0.3 is 5.11 Å². The van der Waals surface area contributed by atoms with E-state index in [0.717, 1.165) is 4.31 Å². The zero-order chi connectivity index (χ0) is 12.2. The van der Waals surface area contributed by atoms with E-state index < -0.39 is 22.2 Å². The van der Waals surface area contributed by atoms with Crippen LogP contribution in [-0.2, 0) is 15.0 Å². The molecule has 1 atom stereocenters. The Kier molecular flexibility index (Phi) is 5.19. The second-order valence-corrected chi connectivity index (χ2v) is 5.41. The molecule has 0 amide bonds. The van der Waals surface area contributed by atoms with E-state index in [1.54, 1.807) is 20.8 Å². The molecule has 0 radical (unpaired) electrons. The molecule has 0 saturated carbocycles. The lowest BCUT2D eigenvalue weighted by molar-refractivity contribution is -0.140. The van der Waals surface area contributed by atoms with E-state index in [-0.39, 0.29) is 5.92 Å². The molecule has 0 saturated heterocycles. The fourth-order valence-electron chi connectivity index (χ4n) is 0.892. The van der Waals surface area contributed by atoms with Crippen molar-refractivity contribution < 1.29 is 18.3 Å². The first kappa shape index (κ1) is 14.3. The normalized spacial score (nSPS) is 14.5. The van der Waals surface area contributed by atoms with Crippen LogP contribution in [0.3, 0.4) is 0 Å². The lowest BCUT2D eigenvalue weighted by atomic mass is 10.1. The Morgan fingerprint density at radius 2 is 1.93 bits per heavy atom. The molecule has 0 fully saturated rings. The summed E-state index contributed by atoms with van der Waals surface area (Å²) in [5, 5.41) is 8.82. The third-order valence-corrected chi connectivity index (χ3v) is 3.69. The van der Waals surface area contributed by atoms with Crippen molar-refractivity contribution in [1.29, 1.82) is 0 Å². The number of nitrogens with one attached hydrogen (secondary N) is 1. The monoisotopic (exact) mass is 238 g/mol. The molecule has 2 N–H and O–H groups in total. The zero-order valence-electron chi connectivity index (χ0n) is 9.39. The van der Waals surface area contributed by atoms with Crippen LogP contribution < -0.4 is 4.72 Å². The van der Waals surface area contributed by atoms with Crippen molar-refractivity contribution in [2.75, 3.05) is 13.6 Å². The Labute approximate surface area is 90.5 Å². The van der Waals surface area contributed by atoms with E-state index in [0.29, 0.717) is 6.54 Å². The van der Waals surface area contributed by atoms with E-state index in [9.17, 15) is 13.2 Å². The van der Waals surface area contributed by atoms with Crippen LogP contribution in [0.25, 0.3) is 0 Å². The molecule has 0 aliphatic heterocycles. The molecule has 15 heavy (non-hydrogen) atoms. The predicted octanol–water partition coefficient (Wildman–Crippen LogP) is -0.118. The van der Waals surface area contributed by atoms with Crippen LogP contribution in [0, 0.1) is 5.92 Å². The van der Waals surface area contributed by atoms with Crippen LogP contribution in [0.2, 0.25) is 0 Å². The Morgan fingerprint density at radius 1 is 1.47 bits per heavy atom. The van der Waals surface area contributed by atoms with E-state index in [2.05, 4.69) is 4.72 Å². The maximum Gasteiger partial charge on any atom is 0.322 e. The quantitative estimate of drug-likeness (QED) is 0.675. The van der Waals surface area contributed by atoms with Crippen LogP contribution in [0.4, 0.5) is 0 Å². The molecular formula is C8H18N2O4S. The minimum atomic E-state index is -3.70. The molecule has 1 unspecified atom stereocenters. The third-order valence-electron chi connectivity index (χ3n) is 2.06. The van der Waals surface area contributed by atoms with Gasteiger partial charge in [0.15, 0.2) is 0 Å². The van der Waals surface area contributed by atoms with Gasteiger partial charge in [-0.05, 0) is 5.92 Å². The molecule has 0 aromatic rings. The second-order valence-electron chi connectivity index (χ2n) is 3.60. The smallest absolute Gasteiger partial charge is 0.322 e. The molecule has 0 bridgehead atoms. The number of carboxylic acids is 1. The fourth-order valence-corrected chi connectivity index (χ4v) is 2.11. The van der Waals surface area contributed by atoms with Gasteiger partial charge in [-0.25, -0.2) is 0 Å². The number of carboxylic acid groups (broad SMARTS) is 1. The van der Waals surface area contributed by atoms with Crippen LogP contribution in [0.5, 0.6) is 0 Å². The number of hydrogen-bond acceptors (Lipinski definition) is 3. The topological polar surface area (TPSA) is 86.7 Å². The molecule has 0 heterocycles. The van der Waals surface area contributed by atoms with Gasteiger partial charge in [0.2, 0.25) is 0 Å². The Hall–Kier alpha value is -0.660. The number of hydrogen-bond donors (Lipinski definition) is 2. The minimum absolute atomic E-state index is 0.291. The van der Waals surface area contributed by atoms with Gasteiger partial charge in [-0.3, -0.25) is 4.79 Å². The van der Waals surface area contributed by atoms with Crippen molar-refractivity contribution in [3.8, 4) is 0 Å². The average molecular weight is 238 g/mol. The van der Waals surface area contributed by atoms with Gasteiger partial charge in [0, 0.05) is 13.6 Å². The van der Waals surface area contributed by atoms with Gasteiger partial charge in [-0.2, -0.15) is 17.4 Å². The lowest BCUT2D eigenvalue weighted by Gasteiger charge is -2.21. The van der Waals surface area contributed by atoms with Crippen LogP contribution in [-0.4, -0.2) is 43.4 Å². The first-order valence-corrected chi connectivity index (χ1v) is 6.12. The molecule has 0 aliphatic carbocycles. The molecule has 0 spiro atoms. The lowest BCUT2D eigenvalue weighted by Crippen LogP contribution is -2.49. The highest BCUT2D eigenvalue weighted by Crippen LogP contribution is 2.05. The van der Waals surface area contributed by atoms with Gasteiger partial charge in [0.05, 0.1) is 0 Å². The van der Waals surface area contributed by atoms with Gasteiger partial charge in [-0.1, -0.05) is 20.8 Å². The molecule has 90 valence electrons. The largest absolute Gasteiger partial charge is 0.480 e. The van der Waals surface area contributed by atoms with E-state index in [1.807, 2.05) is 0 Å². The second kappa shape index (κ2) is 5.43. The van der Waals surface area contributed by atoms with Crippen molar-refractivity contribution in [3.05, 3.63) is 0 Å². The summed E-state index contributed by atoms with van der Waals surface area (Å²) in [6, 6.07) is -1.09. The number of aliphatic carboxylic acids is 1. The van der Waals surface area contributed by atoms with Crippen molar-refractivity contribution in [2.45, 2.75) is 26.8 Å². The Balaban J connectivity index is 4.76. The minimum Gasteiger partial charge on any atom is -0.480 e. The molecule has 0 aromatic heterocycles. The van der Waals surface area contributed by atoms with Gasteiger partial charge in [-0.15, -0.1) is 0 Å². The van der Waals surface area contributed by atoms with Crippen molar-refractivity contribution in [2.24, 2.45) is 5.92 Å². The molecule has 0 rings (SSSR count). The summed E-state index contributed by atoms with van der Waals surface area (Å²) < 4.78 is 26.3.